The quantitative estimate of drug-likeness (QED) is 0.499. The van der Waals surface area contributed by atoms with Gasteiger partial charge in [-0.25, -0.2) is 19.6 Å². The van der Waals surface area contributed by atoms with Gasteiger partial charge in [0.1, 0.15) is 11.6 Å². The molecular weight excluding hydrogens is 362 g/mol. The van der Waals surface area contributed by atoms with E-state index in [1.54, 1.807) is 22.5 Å². The van der Waals surface area contributed by atoms with Gasteiger partial charge in [0.05, 0.1) is 15.7 Å². The van der Waals surface area contributed by atoms with Gasteiger partial charge in [0, 0.05) is 37.1 Å². The van der Waals surface area contributed by atoms with Crippen molar-refractivity contribution in [3.63, 3.8) is 0 Å². The lowest BCUT2D eigenvalue weighted by Gasteiger charge is -2.09. The molecule has 4 rings (SSSR count). The Morgan fingerprint density at radius 2 is 2.15 bits per heavy atom. The van der Waals surface area contributed by atoms with Crippen molar-refractivity contribution in [2.75, 3.05) is 18.4 Å². The molecule has 27 heavy (non-hydrogen) atoms. The number of amides is 1. The Labute approximate surface area is 159 Å². The molecule has 0 aliphatic rings. The molecule has 0 saturated heterocycles. The number of hydrogen-bond acceptors (Lipinski definition) is 7. The van der Waals surface area contributed by atoms with E-state index in [4.69, 9.17) is 0 Å². The molecule has 2 N–H and O–H groups in total. The summed E-state index contributed by atoms with van der Waals surface area (Å²) >= 11 is 1.52. The number of fused-ring (bicyclic) bond motifs is 1. The van der Waals surface area contributed by atoms with E-state index in [0.717, 1.165) is 10.2 Å². The highest BCUT2D eigenvalue weighted by Gasteiger charge is 2.08. The molecule has 0 fully saturated rings. The number of rotatable bonds is 6. The van der Waals surface area contributed by atoms with Crippen molar-refractivity contribution in [3.8, 4) is 5.82 Å². The molecule has 3 heterocycles. The Kier molecular flexibility index (Phi) is 4.75. The van der Waals surface area contributed by atoms with Crippen LogP contribution in [0.4, 0.5) is 5.82 Å². The zero-order valence-electron chi connectivity index (χ0n) is 14.6. The Morgan fingerprint density at radius 1 is 1.22 bits per heavy atom. The largest absolute Gasteiger partial charge is 0.368 e. The molecule has 4 aromatic rings. The number of benzene rings is 1. The minimum atomic E-state index is -0.108. The number of thiazole rings is 1. The number of nitrogens with zero attached hydrogens (tertiary/aromatic N) is 5. The van der Waals surface area contributed by atoms with Crippen molar-refractivity contribution in [2.24, 2.45) is 0 Å². The van der Waals surface area contributed by atoms with E-state index in [-0.39, 0.29) is 5.91 Å². The third kappa shape index (κ3) is 3.93. The van der Waals surface area contributed by atoms with Gasteiger partial charge in [-0.2, -0.15) is 5.10 Å². The summed E-state index contributed by atoms with van der Waals surface area (Å²) in [6.07, 6.45) is 3.52. The first kappa shape index (κ1) is 17.1. The molecule has 0 unspecified atom stereocenters. The van der Waals surface area contributed by atoms with Crippen LogP contribution in [-0.2, 0) is 0 Å². The summed E-state index contributed by atoms with van der Waals surface area (Å²) in [5, 5.41) is 10.3. The van der Waals surface area contributed by atoms with Gasteiger partial charge in [0.15, 0.2) is 5.82 Å². The van der Waals surface area contributed by atoms with Crippen LogP contribution >= 0.6 is 11.3 Å². The number of hydrogen-bond donors (Lipinski definition) is 2. The van der Waals surface area contributed by atoms with Crippen LogP contribution in [0.3, 0.4) is 0 Å². The van der Waals surface area contributed by atoms with Gasteiger partial charge < -0.3 is 10.6 Å². The molecule has 0 atom stereocenters. The molecule has 0 aliphatic carbocycles. The number of aryl methyl sites for hydroxylation is 1. The van der Waals surface area contributed by atoms with Gasteiger partial charge in [0.25, 0.3) is 5.91 Å². The molecular formula is C18H17N7OS. The molecule has 3 aromatic heterocycles. The van der Waals surface area contributed by atoms with Crippen LogP contribution in [0.25, 0.3) is 16.0 Å². The van der Waals surface area contributed by atoms with Crippen LogP contribution in [-0.4, -0.2) is 43.7 Å². The van der Waals surface area contributed by atoms with Crippen molar-refractivity contribution in [1.29, 1.82) is 0 Å². The smallest absolute Gasteiger partial charge is 0.251 e. The van der Waals surface area contributed by atoms with Crippen LogP contribution < -0.4 is 10.6 Å². The van der Waals surface area contributed by atoms with Crippen LogP contribution in [0.5, 0.6) is 0 Å². The molecule has 9 heteroatoms. The summed E-state index contributed by atoms with van der Waals surface area (Å²) in [4.78, 5) is 25.2. The van der Waals surface area contributed by atoms with Gasteiger partial charge in [0.2, 0.25) is 0 Å². The van der Waals surface area contributed by atoms with E-state index in [1.807, 2.05) is 37.4 Å². The first-order valence-electron chi connectivity index (χ1n) is 8.40. The summed E-state index contributed by atoms with van der Waals surface area (Å²) in [5.74, 6) is 1.92. The van der Waals surface area contributed by atoms with E-state index in [9.17, 15) is 4.79 Å². The molecule has 8 nitrogen and oxygen atoms in total. The Bertz CT molecular complexity index is 1070. The maximum atomic E-state index is 12.3. The fourth-order valence-electron chi connectivity index (χ4n) is 2.63. The van der Waals surface area contributed by atoms with E-state index in [0.29, 0.717) is 36.1 Å². The first-order chi connectivity index (χ1) is 13.2. The lowest BCUT2D eigenvalue weighted by atomic mass is 10.2. The van der Waals surface area contributed by atoms with Gasteiger partial charge in [-0.05, 0) is 31.2 Å². The van der Waals surface area contributed by atoms with E-state index in [1.165, 1.54) is 11.3 Å². The lowest BCUT2D eigenvalue weighted by molar-refractivity contribution is 0.0955. The second kappa shape index (κ2) is 7.50. The van der Waals surface area contributed by atoms with Gasteiger partial charge in [-0.1, -0.05) is 0 Å². The molecule has 1 amide bonds. The minimum Gasteiger partial charge on any atom is -0.368 e. The summed E-state index contributed by atoms with van der Waals surface area (Å²) in [7, 11) is 0. The van der Waals surface area contributed by atoms with Crippen LogP contribution in [0.15, 0.2) is 48.2 Å². The summed E-state index contributed by atoms with van der Waals surface area (Å²) in [6.45, 7) is 2.85. The maximum absolute atomic E-state index is 12.3. The number of nitrogens with one attached hydrogen (secondary N) is 2. The average molecular weight is 379 g/mol. The number of carbonyl (C=O) groups excluding carboxylic acids is 1. The predicted octanol–water partition coefficient (Wildman–Crippen LogP) is 2.42. The van der Waals surface area contributed by atoms with Crippen LogP contribution in [0.1, 0.15) is 16.2 Å². The Morgan fingerprint density at radius 3 is 3.00 bits per heavy atom. The fraction of sp³-hybridized carbons (Fsp3) is 0.167. The first-order valence-corrected chi connectivity index (χ1v) is 9.28. The fourth-order valence-corrected chi connectivity index (χ4v) is 3.35. The number of aromatic nitrogens is 5. The second-order valence-electron chi connectivity index (χ2n) is 5.83. The molecule has 1 aromatic carbocycles. The van der Waals surface area contributed by atoms with Crippen LogP contribution in [0, 0.1) is 6.92 Å². The molecule has 0 spiro atoms. The normalized spacial score (nSPS) is 10.9. The summed E-state index contributed by atoms with van der Waals surface area (Å²) in [6, 6.07) is 9.16. The SMILES string of the molecule is Cc1nc(NCCNC(=O)c2ccc3ncsc3c2)cc(-n2cccn2)n1. The Balaban J connectivity index is 1.34. The highest BCUT2D eigenvalue weighted by atomic mass is 32.1. The van der Waals surface area contributed by atoms with Gasteiger partial charge in [-0.15, -0.1) is 11.3 Å². The third-order valence-corrected chi connectivity index (χ3v) is 4.67. The second-order valence-corrected chi connectivity index (χ2v) is 6.71. The van der Waals surface area contributed by atoms with E-state index in [2.05, 4.69) is 30.7 Å². The molecule has 0 saturated carbocycles. The maximum Gasteiger partial charge on any atom is 0.251 e. The minimum absolute atomic E-state index is 0.108. The topological polar surface area (TPSA) is 97.6 Å². The standard InChI is InChI=1S/C18H17N7OS/c1-12-23-16(10-17(24-12)25-8-2-5-22-25)19-6-7-20-18(26)13-3-4-14-15(9-13)27-11-21-14/h2-5,8-11H,6-7H2,1H3,(H,20,26)(H,19,23,24). The van der Waals surface area contributed by atoms with Crippen molar-refractivity contribution in [2.45, 2.75) is 6.92 Å². The van der Waals surface area contributed by atoms with Crippen molar-refractivity contribution >= 4 is 33.3 Å². The molecule has 0 aliphatic heterocycles. The zero-order valence-corrected chi connectivity index (χ0v) is 15.4. The van der Waals surface area contributed by atoms with E-state index < -0.39 is 0 Å². The van der Waals surface area contributed by atoms with Crippen molar-refractivity contribution in [1.82, 2.24) is 30.0 Å². The molecule has 0 radical (unpaired) electrons. The Hall–Kier alpha value is -3.33. The highest BCUT2D eigenvalue weighted by Crippen LogP contribution is 2.19. The van der Waals surface area contributed by atoms with Gasteiger partial charge >= 0.3 is 0 Å². The summed E-state index contributed by atoms with van der Waals surface area (Å²) in [5.41, 5.74) is 3.31. The zero-order chi connectivity index (χ0) is 18.6. The van der Waals surface area contributed by atoms with Crippen molar-refractivity contribution < 1.29 is 4.79 Å². The monoisotopic (exact) mass is 379 g/mol. The van der Waals surface area contributed by atoms with E-state index >= 15 is 0 Å². The van der Waals surface area contributed by atoms with Crippen LogP contribution in [0.2, 0.25) is 0 Å². The van der Waals surface area contributed by atoms with Crippen molar-refractivity contribution in [3.05, 3.63) is 59.6 Å². The average Bonchev–Trinajstić information content (AvgIpc) is 3.35. The van der Waals surface area contributed by atoms with Gasteiger partial charge in [-0.3, -0.25) is 4.79 Å². The number of carbonyl (C=O) groups is 1. The molecule has 136 valence electrons. The third-order valence-electron chi connectivity index (χ3n) is 3.87. The predicted molar refractivity (Wildman–Crippen MR) is 104 cm³/mol. The summed E-state index contributed by atoms with van der Waals surface area (Å²) < 4.78 is 2.68. The highest BCUT2D eigenvalue weighted by molar-refractivity contribution is 7.16. The lowest BCUT2D eigenvalue weighted by Crippen LogP contribution is -2.28. The number of anilines is 1. The molecule has 0 bridgehead atoms.